The van der Waals surface area contributed by atoms with Gasteiger partial charge in [-0.05, 0) is 61.4 Å². The highest BCUT2D eigenvalue weighted by atomic mass is 16.5. The van der Waals surface area contributed by atoms with Gasteiger partial charge in [0, 0.05) is 32.2 Å². The molecule has 0 bridgehead atoms. The van der Waals surface area contributed by atoms with E-state index in [-0.39, 0.29) is 24.1 Å². The van der Waals surface area contributed by atoms with E-state index in [0.717, 1.165) is 54.3 Å². The van der Waals surface area contributed by atoms with E-state index in [1.807, 2.05) is 83.8 Å². The van der Waals surface area contributed by atoms with E-state index in [1.54, 1.807) is 12.0 Å². The predicted octanol–water partition coefficient (Wildman–Crippen LogP) is 5.34. The largest absolute Gasteiger partial charge is 0.494 e. The minimum Gasteiger partial charge on any atom is -0.494 e. The normalized spacial score (nSPS) is 18.6. The van der Waals surface area contributed by atoms with Crippen molar-refractivity contribution in [1.29, 1.82) is 0 Å². The predicted molar refractivity (Wildman–Crippen MR) is 169 cm³/mol. The molecule has 3 aromatic carbocycles. The first-order chi connectivity index (χ1) is 21.5. The maximum absolute atomic E-state index is 13.3. The Balaban J connectivity index is 1.15. The molecular weight excluding hydrogens is 556 g/mol. The first-order valence-electron chi connectivity index (χ1n) is 15.4. The number of aliphatic imine (C=N–C) groups is 1. The molecule has 1 heterocycles. The van der Waals surface area contributed by atoms with Gasteiger partial charge in [-0.15, -0.1) is 0 Å². The van der Waals surface area contributed by atoms with Crippen molar-refractivity contribution in [3.05, 3.63) is 95.6 Å². The summed E-state index contributed by atoms with van der Waals surface area (Å²) < 4.78 is 17.7. The average Bonchev–Trinajstić information content (AvgIpc) is 3.06. The van der Waals surface area contributed by atoms with Crippen LogP contribution in [-0.4, -0.2) is 60.1 Å². The minimum atomic E-state index is -0.835. The van der Waals surface area contributed by atoms with Crippen LogP contribution in [0.5, 0.6) is 5.75 Å². The lowest BCUT2D eigenvalue weighted by atomic mass is 9.95. The third-order valence-electron chi connectivity index (χ3n) is 8.18. The summed E-state index contributed by atoms with van der Waals surface area (Å²) in [6.45, 7) is 1.88. The zero-order chi connectivity index (χ0) is 30.7. The molecule has 9 heteroatoms. The fourth-order valence-electron chi connectivity index (χ4n) is 5.79. The van der Waals surface area contributed by atoms with Crippen molar-refractivity contribution in [3.8, 4) is 5.75 Å². The molecule has 1 amide bonds. The molecule has 0 aromatic heterocycles. The molecule has 1 aliphatic heterocycles. The highest BCUT2D eigenvalue weighted by Gasteiger charge is 2.31. The number of benzene rings is 3. The molecular formula is C35H42N4O5. The van der Waals surface area contributed by atoms with Crippen LogP contribution >= 0.6 is 0 Å². The van der Waals surface area contributed by atoms with Gasteiger partial charge in [0.2, 0.25) is 5.91 Å². The summed E-state index contributed by atoms with van der Waals surface area (Å²) in [6.07, 6.45) is 4.58. The van der Waals surface area contributed by atoms with Gasteiger partial charge in [-0.2, -0.15) is 0 Å². The van der Waals surface area contributed by atoms with E-state index in [0.29, 0.717) is 44.8 Å². The van der Waals surface area contributed by atoms with Crippen LogP contribution in [0.2, 0.25) is 0 Å². The Morgan fingerprint density at radius 3 is 2.36 bits per heavy atom. The molecule has 1 fully saturated rings. The highest BCUT2D eigenvalue weighted by Crippen LogP contribution is 2.31. The van der Waals surface area contributed by atoms with E-state index >= 15 is 0 Å². The lowest BCUT2D eigenvalue weighted by Gasteiger charge is -2.36. The van der Waals surface area contributed by atoms with E-state index in [4.69, 9.17) is 19.9 Å². The topological polar surface area (TPSA) is 107 Å². The molecule has 1 aliphatic carbocycles. The second-order valence-corrected chi connectivity index (χ2v) is 11.4. The van der Waals surface area contributed by atoms with Gasteiger partial charge >= 0.3 is 0 Å². The van der Waals surface area contributed by atoms with Gasteiger partial charge in [0.15, 0.2) is 18.5 Å². The first-order valence-corrected chi connectivity index (χ1v) is 15.4. The van der Waals surface area contributed by atoms with Gasteiger partial charge in [0.25, 0.3) is 0 Å². The number of fused-ring (bicyclic) bond motifs is 1. The number of nitrogens with two attached hydrogens (primary N) is 1. The Hall–Kier alpha value is -4.21. The molecule has 0 saturated heterocycles. The summed E-state index contributed by atoms with van der Waals surface area (Å²) in [5, 5.41) is 0. The number of guanidine groups is 1. The molecule has 0 radical (unpaired) electrons. The second-order valence-electron chi connectivity index (χ2n) is 11.4. The summed E-state index contributed by atoms with van der Waals surface area (Å²) in [7, 11) is 1.71. The van der Waals surface area contributed by atoms with E-state index in [1.165, 1.54) is 0 Å². The summed E-state index contributed by atoms with van der Waals surface area (Å²) >= 11 is 0. The van der Waals surface area contributed by atoms with Crippen molar-refractivity contribution >= 4 is 23.8 Å². The fourth-order valence-corrected chi connectivity index (χ4v) is 5.79. The van der Waals surface area contributed by atoms with Crippen LogP contribution in [0.3, 0.4) is 0 Å². The number of rotatable bonds is 14. The summed E-state index contributed by atoms with van der Waals surface area (Å²) in [5.74, 6) is 1.01. The van der Waals surface area contributed by atoms with Gasteiger partial charge in [0.05, 0.1) is 31.0 Å². The Morgan fingerprint density at radius 1 is 1.02 bits per heavy atom. The van der Waals surface area contributed by atoms with Crippen LogP contribution in [0.4, 0.5) is 5.69 Å². The zero-order valence-electron chi connectivity index (χ0n) is 25.3. The third kappa shape index (κ3) is 8.45. The molecule has 1 saturated carbocycles. The number of methoxy groups -OCH3 is 1. The quantitative estimate of drug-likeness (QED) is 0.197. The monoisotopic (exact) mass is 598 g/mol. The molecule has 44 heavy (non-hydrogen) atoms. The number of amides is 1. The molecule has 3 unspecified atom stereocenters. The first kappa shape index (κ1) is 31.2. The number of carbonyl (C=O) groups is 2. The highest BCUT2D eigenvalue weighted by molar-refractivity contribution is 5.85. The average molecular weight is 599 g/mol. The standard InChI is InChI=1S/C35H42N4O5/c1-42-29-14-8-15-31(21-29)44-34(25-40)39-24-28-20-30(17-18-32(28)37-35(39)36)43-19-9-16-33(41)38(22-26-10-4-2-5-11-26)23-27-12-6-3-7-13-27/h2-7,10-13,17-18,20,25,29,31,34H,8-9,14-16,19,21-24H2,1H3,(H2,36,37). The molecule has 232 valence electrons. The molecule has 9 nitrogen and oxygen atoms in total. The number of aldehydes is 1. The Kier molecular flexibility index (Phi) is 11.0. The van der Waals surface area contributed by atoms with E-state index < -0.39 is 6.23 Å². The molecule has 3 atom stereocenters. The molecule has 5 rings (SSSR count). The van der Waals surface area contributed by atoms with Crippen molar-refractivity contribution in [2.45, 2.75) is 76.6 Å². The lowest BCUT2D eigenvalue weighted by molar-refractivity contribution is -0.140. The Bertz CT molecular complexity index is 1360. The van der Waals surface area contributed by atoms with Crippen molar-refractivity contribution in [1.82, 2.24) is 9.80 Å². The molecule has 2 N–H and O–H groups in total. The fraction of sp³-hybridized carbons (Fsp3) is 0.400. The van der Waals surface area contributed by atoms with Gasteiger partial charge in [-0.25, -0.2) is 4.99 Å². The van der Waals surface area contributed by atoms with Crippen LogP contribution in [-0.2, 0) is 38.7 Å². The van der Waals surface area contributed by atoms with Crippen LogP contribution in [0.25, 0.3) is 0 Å². The van der Waals surface area contributed by atoms with Crippen molar-refractivity contribution in [3.63, 3.8) is 0 Å². The number of carbonyl (C=O) groups excluding carboxylic acids is 2. The number of hydrogen-bond donors (Lipinski definition) is 1. The number of hydrogen-bond acceptors (Lipinski definition) is 8. The van der Waals surface area contributed by atoms with Gasteiger partial charge in [-0.3, -0.25) is 9.59 Å². The third-order valence-corrected chi connectivity index (χ3v) is 8.18. The Labute approximate surface area is 259 Å². The van der Waals surface area contributed by atoms with Crippen molar-refractivity contribution in [2.24, 2.45) is 10.7 Å². The lowest BCUT2D eigenvalue weighted by Crippen LogP contribution is -2.49. The van der Waals surface area contributed by atoms with Crippen LogP contribution in [0, 0.1) is 0 Å². The summed E-state index contributed by atoms with van der Waals surface area (Å²) in [4.78, 5) is 33.5. The van der Waals surface area contributed by atoms with Gasteiger partial charge in [-0.1, -0.05) is 60.7 Å². The SMILES string of the molecule is COC1CCCC(OC(C=O)N2Cc3cc(OCCCC(=O)N(Cc4ccccc4)Cc4ccccc4)ccc3N=C2N)C1. The minimum absolute atomic E-state index is 0.0771. The molecule has 2 aliphatic rings. The van der Waals surface area contributed by atoms with Crippen LogP contribution in [0.15, 0.2) is 83.9 Å². The molecule has 0 spiro atoms. The molecule has 3 aromatic rings. The maximum atomic E-state index is 13.3. The maximum Gasteiger partial charge on any atom is 0.223 e. The van der Waals surface area contributed by atoms with Crippen LogP contribution in [0.1, 0.15) is 55.2 Å². The zero-order valence-corrected chi connectivity index (χ0v) is 25.3. The van der Waals surface area contributed by atoms with Gasteiger partial charge < -0.3 is 29.7 Å². The van der Waals surface area contributed by atoms with E-state index in [2.05, 4.69) is 4.99 Å². The number of nitrogens with zero attached hydrogens (tertiary/aromatic N) is 3. The van der Waals surface area contributed by atoms with Crippen LogP contribution < -0.4 is 10.5 Å². The van der Waals surface area contributed by atoms with Crippen molar-refractivity contribution < 1.29 is 23.8 Å². The van der Waals surface area contributed by atoms with Crippen molar-refractivity contribution in [2.75, 3.05) is 13.7 Å². The summed E-state index contributed by atoms with van der Waals surface area (Å²) in [6, 6.07) is 25.7. The number of ether oxygens (including phenoxy) is 3. The Morgan fingerprint density at radius 2 is 1.70 bits per heavy atom. The summed E-state index contributed by atoms with van der Waals surface area (Å²) in [5.41, 5.74) is 10.1. The second kappa shape index (κ2) is 15.5. The van der Waals surface area contributed by atoms with E-state index in [9.17, 15) is 9.59 Å². The van der Waals surface area contributed by atoms with Gasteiger partial charge in [0.1, 0.15) is 5.75 Å². The smallest absolute Gasteiger partial charge is 0.223 e.